The van der Waals surface area contributed by atoms with Gasteiger partial charge in [0, 0.05) is 12.1 Å². The van der Waals surface area contributed by atoms with Crippen LogP contribution in [0.4, 0.5) is 0 Å². The topological polar surface area (TPSA) is 12.0 Å². The van der Waals surface area contributed by atoms with E-state index < -0.39 is 0 Å². The molecule has 0 aromatic rings. The number of nitrogens with one attached hydrogen (secondary N) is 1. The molecule has 0 aromatic heterocycles. The molecule has 0 aromatic carbocycles. The summed E-state index contributed by atoms with van der Waals surface area (Å²) in [5, 5.41) is 3.71. The summed E-state index contributed by atoms with van der Waals surface area (Å²) in [6, 6.07) is 1.27. The minimum atomic E-state index is 0.628. The Balaban J connectivity index is 1.81. The maximum atomic E-state index is 3.71. The van der Waals surface area contributed by atoms with Gasteiger partial charge >= 0.3 is 0 Å². The molecule has 0 bridgehead atoms. The van der Waals surface area contributed by atoms with E-state index in [9.17, 15) is 0 Å². The highest BCUT2D eigenvalue weighted by molar-refractivity contribution is 5.04. The van der Waals surface area contributed by atoms with Crippen molar-refractivity contribution in [1.82, 2.24) is 5.32 Å². The molecular weight excluding hydrogens is 170 g/mol. The van der Waals surface area contributed by atoms with E-state index in [4.69, 9.17) is 0 Å². The first kappa shape index (κ1) is 9.97. The highest BCUT2D eigenvalue weighted by atomic mass is 14.9. The average Bonchev–Trinajstić information content (AvgIpc) is 2.62. The summed E-state index contributed by atoms with van der Waals surface area (Å²) in [5.74, 6) is 0. The third-order valence-electron chi connectivity index (χ3n) is 3.20. The summed E-state index contributed by atoms with van der Waals surface area (Å²) in [6.07, 6.45) is 18.7. The lowest BCUT2D eigenvalue weighted by Crippen LogP contribution is -2.35. The Morgan fingerprint density at radius 1 is 0.786 bits per heavy atom. The summed E-state index contributed by atoms with van der Waals surface area (Å²) in [4.78, 5) is 0. The van der Waals surface area contributed by atoms with Gasteiger partial charge in [0.2, 0.25) is 0 Å². The lowest BCUT2D eigenvalue weighted by molar-refractivity contribution is 0.470. The second-order valence-electron chi connectivity index (χ2n) is 4.45. The van der Waals surface area contributed by atoms with Crippen LogP contribution in [-0.4, -0.2) is 12.1 Å². The largest absolute Gasteiger partial charge is 0.304 e. The molecule has 1 heteroatoms. The molecule has 2 aliphatic carbocycles. The van der Waals surface area contributed by atoms with Gasteiger partial charge in [0.25, 0.3) is 0 Å². The number of hydrogen-bond acceptors (Lipinski definition) is 1. The molecule has 0 saturated carbocycles. The Hall–Kier alpha value is -0.560. The van der Waals surface area contributed by atoms with Gasteiger partial charge in [-0.2, -0.15) is 0 Å². The van der Waals surface area contributed by atoms with E-state index in [1.807, 2.05) is 0 Å². The van der Waals surface area contributed by atoms with Gasteiger partial charge < -0.3 is 5.32 Å². The van der Waals surface area contributed by atoms with Gasteiger partial charge in [-0.3, -0.25) is 0 Å². The van der Waals surface area contributed by atoms with Crippen molar-refractivity contribution in [3.05, 3.63) is 24.3 Å². The van der Waals surface area contributed by atoms with Gasteiger partial charge in [-0.25, -0.2) is 0 Å². The highest BCUT2D eigenvalue weighted by Gasteiger charge is 2.13. The lowest BCUT2D eigenvalue weighted by atomic mass is 10.0. The third kappa shape index (κ3) is 2.98. The van der Waals surface area contributed by atoms with Crippen molar-refractivity contribution in [2.75, 3.05) is 0 Å². The fraction of sp³-hybridized carbons (Fsp3) is 0.692. The summed E-state index contributed by atoms with van der Waals surface area (Å²) >= 11 is 0. The average molecular weight is 191 g/mol. The van der Waals surface area contributed by atoms with Gasteiger partial charge in [0.1, 0.15) is 0 Å². The van der Waals surface area contributed by atoms with E-state index in [2.05, 4.69) is 29.6 Å². The molecule has 0 spiro atoms. The van der Waals surface area contributed by atoms with E-state index in [0.29, 0.717) is 12.1 Å². The van der Waals surface area contributed by atoms with Crippen LogP contribution in [0.25, 0.3) is 0 Å². The molecular formula is C13H21N. The van der Waals surface area contributed by atoms with Crippen molar-refractivity contribution in [2.24, 2.45) is 0 Å². The van der Waals surface area contributed by atoms with Crippen molar-refractivity contribution in [3.63, 3.8) is 0 Å². The number of rotatable bonds is 2. The minimum absolute atomic E-state index is 0.628. The SMILES string of the molecule is C1=CC(NC2/C=C\CCCCC2)CC1. The highest BCUT2D eigenvalue weighted by Crippen LogP contribution is 2.15. The van der Waals surface area contributed by atoms with Gasteiger partial charge in [0.05, 0.1) is 0 Å². The molecule has 0 amide bonds. The van der Waals surface area contributed by atoms with Crippen molar-refractivity contribution in [2.45, 2.75) is 57.0 Å². The second kappa shape index (κ2) is 5.35. The predicted octanol–water partition coefficient (Wildman–Crippen LogP) is 3.18. The quantitative estimate of drug-likeness (QED) is 0.661. The van der Waals surface area contributed by atoms with E-state index in [-0.39, 0.29) is 0 Å². The van der Waals surface area contributed by atoms with Gasteiger partial charge in [-0.1, -0.05) is 37.1 Å². The summed E-state index contributed by atoms with van der Waals surface area (Å²) in [7, 11) is 0. The predicted molar refractivity (Wildman–Crippen MR) is 61.3 cm³/mol. The molecule has 2 atom stereocenters. The second-order valence-corrected chi connectivity index (χ2v) is 4.45. The van der Waals surface area contributed by atoms with Gasteiger partial charge in [-0.05, 0) is 32.1 Å². The van der Waals surface area contributed by atoms with E-state index >= 15 is 0 Å². The normalized spacial score (nSPS) is 35.1. The summed E-state index contributed by atoms with van der Waals surface area (Å²) < 4.78 is 0. The van der Waals surface area contributed by atoms with Crippen LogP contribution < -0.4 is 5.32 Å². The van der Waals surface area contributed by atoms with Crippen LogP contribution in [0.1, 0.15) is 44.9 Å². The molecule has 0 saturated heterocycles. The molecule has 14 heavy (non-hydrogen) atoms. The zero-order valence-electron chi connectivity index (χ0n) is 8.91. The van der Waals surface area contributed by atoms with Crippen molar-refractivity contribution >= 4 is 0 Å². The monoisotopic (exact) mass is 191 g/mol. The fourth-order valence-electron chi connectivity index (χ4n) is 2.35. The van der Waals surface area contributed by atoms with E-state index in [1.54, 1.807) is 0 Å². The van der Waals surface area contributed by atoms with Crippen molar-refractivity contribution in [3.8, 4) is 0 Å². The Morgan fingerprint density at radius 3 is 2.43 bits per heavy atom. The van der Waals surface area contributed by atoms with Gasteiger partial charge in [-0.15, -0.1) is 0 Å². The Morgan fingerprint density at radius 2 is 1.57 bits per heavy atom. The fourth-order valence-corrected chi connectivity index (χ4v) is 2.35. The zero-order valence-corrected chi connectivity index (χ0v) is 8.91. The molecule has 0 heterocycles. The molecule has 0 fully saturated rings. The van der Waals surface area contributed by atoms with Gasteiger partial charge in [0.15, 0.2) is 0 Å². The molecule has 2 aliphatic rings. The summed E-state index contributed by atoms with van der Waals surface area (Å²) in [5.41, 5.74) is 0. The maximum Gasteiger partial charge on any atom is 0.0258 e. The van der Waals surface area contributed by atoms with E-state index in [1.165, 1.54) is 44.9 Å². The Labute approximate surface area is 87.3 Å². The third-order valence-corrected chi connectivity index (χ3v) is 3.20. The van der Waals surface area contributed by atoms with Crippen LogP contribution >= 0.6 is 0 Å². The first-order valence-electron chi connectivity index (χ1n) is 6.04. The molecule has 2 unspecified atom stereocenters. The first-order valence-corrected chi connectivity index (χ1v) is 6.04. The maximum absolute atomic E-state index is 3.71. The molecule has 78 valence electrons. The Bertz CT molecular complexity index is 217. The summed E-state index contributed by atoms with van der Waals surface area (Å²) in [6.45, 7) is 0. The van der Waals surface area contributed by atoms with Crippen LogP contribution in [0.15, 0.2) is 24.3 Å². The Kier molecular flexibility index (Phi) is 3.81. The molecule has 0 aliphatic heterocycles. The number of allylic oxidation sites excluding steroid dienone is 2. The molecule has 1 N–H and O–H groups in total. The standard InChI is InChI=1S/C13H21N/c1-2-4-8-12(9-5-3-1)14-13-10-6-7-11-13/h4,6,8,10,12-14H,1-3,5,7,9,11H2/b8-4-. The molecule has 2 rings (SSSR count). The minimum Gasteiger partial charge on any atom is -0.304 e. The molecule has 0 radical (unpaired) electrons. The van der Waals surface area contributed by atoms with Crippen molar-refractivity contribution < 1.29 is 0 Å². The number of hydrogen-bond donors (Lipinski definition) is 1. The smallest absolute Gasteiger partial charge is 0.0258 e. The van der Waals surface area contributed by atoms with Crippen LogP contribution in [0.5, 0.6) is 0 Å². The van der Waals surface area contributed by atoms with E-state index in [0.717, 1.165) is 0 Å². The first-order chi connectivity index (χ1) is 6.95. The van der Waals surface area contributed by atoms with Crippen LogP contribution in [-0.2, 0) is 0 Å². The van der Waals surface area contributed by atoms with Crippen LogP contribution in [0.3, 0.4) is 0 Å². The zero-order chi connectivity index (χ0) is 9.64. The molecule has 1 nitrogen and oxygen atoms in total. The lowest BCUT2D eigenvalue weighted by Gasteiger charge is -2.20. The van der Waals surface area contributed by atoms with Crippen LogP contribution in [0.2, 0.25) is 0 Å². The van der Waals surface area contributed by atoms with Crippen LogP contribution in [0, 0.1) is 0 Å². The van der Waals surface area contributed by atoms with Crippen molar-refractivity contribution in [1.29, 1.82) is 0 Å².